The summed E-state index contributed by atoms with van der Waals surface area (Å²) >= 11 is 0. The minimum atomic E-state index is -0.396. The van der Waals surface area contributed by atoms with Gasteiger partial charge in [-0.1, -0.05) is 36.4 Å². The van der Waals surface area contributed by atoms with Crippen molar-refractivity contribution in [1.29, 1.82) is 0 Å². The van der Waals surface area contributed by atoms with E-state index in [-0.39, 0.29) is 5.69 Å². The van der Waals surface area contributed by atoms with Gasteiger partial charge in [0.1, 0.15) is 5.69 Å². The number of hydrazone groups is 1. The van der Waals surface area contributed by atoms with Crippen LogP contribution in [0.1, 0.15) is 23.0 Å². The fraction of sp³-hybridized carbons (Fsp3) is 0.0556. The van der Waals surface area contributed by atoms with Crippen molar-refractivity contribution < 1.29 is 9.21 Å². The van der Waals surface area contributed by atoms with Crippen molar-refractivity contribution in [2.75, 3.05) is 0 Å². The van der Waals surface area contributed by atoms with Gasteiger partial charge in [0, 0.05) is 6.07 Å². The number of benzene rings is 1. The SMILES string of the molecule is CC(/C=N/NC(=O)c1cc(-c2ccco2)[nH]n1)=C\c1ccccc1. The highest BCUT2D eigenvalue weighted by Gasteiger charge is 2.11. The lowest BCUT2D eigenvalue weighted by molar-refractivity contribution is 0.0950. The molecule has 6 heteroatoms. The summed E-state index contributed by atoms with van der Waals surface area (Å²) in [5.74, 6) is 0.222. The minimum Gasteiger partial charge on any atom is -0.463 e. The Kier molecular flexibility index (Phi) is 4.67. The smallest absolute Gasteiger partial charge is 0.291 e. The summed E-state index contributed by atoms with van der Waals surface area (Å²) in [5, 5.41) is 10.7. The molecule has 0 saturated carbocycles. The van der Waals surface area contributed by atoms with Crippen molar-refractivity contribution in [3.05, 3.63) is 71.6 Å². The Hall–Kier alpha value is -3.41. The van der Waals surface area contributed by atoms with Crippen LogP contribution in [0.2, 0.25) is 0 Å². The van der Waals surface area contributed by atoms with E-state index in [0.29, 0.717) is 11.5 Å². The lowest BCUT2D eigenvalue weighted by Crippen LogP contribution is -2.17. The molecule has 2 N–H and O–H groups in total. The van der Waals surface area contributed by atoms with Crippen molar-refractivity contribution in [3.63, 3.8) is 0 Å². The Labute approximate surface area is 138 Å². The average Bonchev–Trinajstić information content (AvgIpc) is 3.27. The van der Waals surface area contributed by atoms with Crippen LogP contribution in [-0.4, -0.2) is 22.3 Å². The number of nitrogens with zero attached hydrogens (tertiary/aromatic N) is 2. The summed E-state index contributed by atoms with van der Waals surface area (Å²) < 4.78 is 5.24. The van der Waals surface area contributed by atoms with Crippen molar-refractivity contribution in [3.8, 4) is 11.5 Å². The third kappa shape index (κ3) is 3.86. The third-order valence-corrected chi connectivity index (χ3v) is 3.23. The summed E-state index contributed by atoms with van der Waals surface area (Å²) in [7, 11) is 0. The number of aromatic nitrogens is 2. The van der Waals surface area contributed by atoms with Gasteiger partial charge in [-0.2, -0.15) is 10.2 Å². The molecule has 0 aliphatic heterocycles. The number of rotatable bonds is 5. The number of carbonyl (C=O) groups is 1. The number of carbonyl (C=O) groups excluding carboxylic acids is 1. The Balaban J connectivity index is 1.60. The molecule has 0 atom stereocenters. The molecular formula is C18H16N4O2. The van der Waals surface area contributed by atoms with Gasteiger partial charge in [-0.3, -0.25) is 9.89 Å². The van der Waals surface area contributed by atoms with Crippen LogP contribution < -0.4 is 5.43 Å². The highest BCUT2D eigenvalue weighted by Crippen LogP contribution is 2.17. The maximum Gasteiger partial charge on any atom is 0.291 e. The maximum absolute atomic E-state index is 12.0. The predicted molar refractivity (Wildman–Crippen MR) is 92.3 cm³/mol. The second-order valence-corrected chi connectivity index (χ2v) is 5.14. The molecule has 2 heterocycles. The largest absolute Gasteiger partial charge is 0.463 e. The summed E-state index contributed by atoms with van der Waals surface area (Å²) in [6, 6.07) is 15.0. The van der Waals surface area contributed by atoms with E-state index in [2.05, 4.69) is 20.7 Å². The number of aromatic amines is 1. The Morgan fingerprint density at radius 2 is 2.08 bits per heavy atom. The van der Waals surface area contributed by atoms with Gasteiger partial charge in [-0.05, 0) is 30.2 Å². The highest BCUT2D eigenvalue weighted by molar-refractivity contribution is 5.94. The first-order chi connectivity index (χ1) is 11.7. The molecule has 0 aliphatic rings. The second kappa shape index (κ2) is 7.23. The number of allylic oxidation sites excluding steroid dienone is 1. The minimum absolute atomic E-state index is 0.239. The van der Waals surface area contributed by atoms with Crippen LogP contribution in [0.25, 0.3) is 17.5 Å². The van der Waals surface area contributed by atoms with Gasteiger partial charge in [0.2, 0.25) is 0 Å². The summed E-state index contributed by atoms with van der Waals surface area (Å²) in [6.07, 6.45) is 5.12. The quantitative estimate of drug-likeness (QED) is 0.557. The van der Waals surface area contributed by atoms with Crippen LogP contribution in [0.4, 0.5) is 0 Å². The van der Waals surface area contributed by atoms with Crippen LogP contribution >= 0.6 is 0 Å². The fourth-order valence-corrected chi connectivity index (χ4v) is 2.10. The van der Waals surface area contributed by atoms with Crippen molar-refractivity contribution in [2.45, 2.75) is 6.92 Å². The molecule has 0 radical (unpaired) electrons. The van der Waals surface area contributed by atoms with Gasteiger partial charge in [0.15, 0.2) is 11.5 Å². The number of furan rings is 1. The molecule has 3 rings (SSSR count). The van der Waals surface area contributed by atoms with Crippen molar-refractivity contribution in [2.24, 2.45) is 5.10 Å². The molecule has 1 amide bonds. The number of nitrogens with one attached hydrogen (secondary N) is 2. The molecule has 6 nitrogen and oxygen atoms in total. The Morgan fingerprint density at radius 3 is 2.83 bits per heavy atom. The van der Waals surface area contributed by atoms with E-state index in [0.717, 1.165) is 11.1 Å². The van der Waals surface area contributed by atoms with Crippen molar-refractivity contribution in [1.82, 2.24) is 15.6 Å². The summed E-state index contributed by atoms with van der Waals surface area (Å²) in [4.78, 5) is 12.0. The van der Waals surface area contributed by atoms with E-state index in [4.69, 9.17) is 4.42 Å². The number of H-pyrrole nitrogens is 1. The molecule has 0 aliphatic carbocycles. The first-order valence-electron chi connectivity index (χ1n) is 7.38. The Bertz CT molecular complexity index is 862. The van der Waals surface area contributed by atoms with E-state index in [9.17, 15) is 4.79 Å². The van der Waals surface area contributed by atoms with Gasteiger partial charge in [-0.15, -0.1) is 0 Å². The normalized spacial score (nSPS) is 11.8. The average molecular weight is 320 g/mol. The molecule has 120 valence electrons. The van der Waals surface area contributed by atoms with Gasteiger partial charge in [0.25, 0.3) is 5.91 Å². The van der Waals surface area contributed by atoms with Crippen molar-refractivity contribution >= 4 is 18.2 Å². The first kappa shape index (κ1) is 15.5. The molecule has 0 fully saturated rings. The monoisotopic (exact) mass is 320 g/mol. The van der Waals surface area contributed by atoms with Crippen LogP contribution in [0, 0.1) is 0 Å². The van der Waals surface area contributed by atoms with Gasteiger partial charge >= 0.3 is 0 Å². The zero-order valence-corrected chi connectivity index (χ0v) is 13.1. The number of amides is 1. The van der Waals surface area contributed by atoms with Gasteiger partial charge in [0.05, 0.1) is 12.5 Å². The molecule has 0 unspecified atom stereocenters. The number of hydrogen-bond donors (Lipinski definition) is 2. The van der Waals surface area contributed by atoms with E-state index < -0.39 is 5.91 Å². The van der Waals surface area contributed by atoms with Crippen LogP contribution in [0.5, 0.6) is 0 Å². The third-order valence-electron chi connectivity index (χ3n) is 3.23. The van der Waals surface area contributed by atoms with E-state index in [1.165, 1.54) is 0 Å². The van der Waals surface area contributed by atoms with Crippen LogP contribution in [0.15, 0.2) is 69.9 Å². The number of hydrogen-bond acceptors (Lipinski definition) is 4. The molecule has 2 aromatic heterocycles. The molecule has 0 saturated heterocycles. The molecular weight excluding hydrogens is 304 g/mol. The first-order valence-corrected chi connectivity index (χ1v) is 7.38. The topological polar surface area (TPSA) is 83.3 Å². The molecule has 24 heavy (non-hydrogen) atoms. The van der Waals surface area contributed by atoms with Crippen LogP contribution in [-0.2, 0) is 0 Å². The maximum atomic E-state index is 12.0. The molecule has 0 bridgehead atoms. The van der Waals surface area contributed by atoms with E-state index in [1.807, 2.05) is 43.3 Å². The van der Waals surface area contributed by atoms with Crippen LogP contribution in [0.3, 0.4) is 0 Å². The zero-order chi connectivity index (χ0) is 16.8. The fourth-order valence-electron chi connectivity index (χ4n) is 2.10. The van der Waals surface area contributed by atoms with Gasteiger partial charge in [-0.25, -0.2) is 5.43 Å². The zero-order valence-electron chi connectivity index (χ0n) is 13.1. The van der Waals surface area contributed by atoms with Gasteiger partial charge < -0.3 is 4.42 Å². The predicted octanol–water partition coefficient (Wildman–Crippen LogP) is 3.49. The molecule has 0 spiro atoms. The van der Waals surface area contributed by atoms with E-state index >= 15 is 0 Å². The lowest BCUT2D eigenvalue weighted by Gasteiger charge is -1.96. The Morgan fingerprint density at radius 1 is 1.25 bits per heavy atom. The highest BCUT2D eigenvalue weighted by atomic mass is 16.3. The lowest BCUT2D eigenvalue weighted by atomic mass is 10.1. The molecule has 3 aromatic rings. The molecule has 1 aromatic carbocycles. The summed E-state index contributed by atoms with van der Waals surface area (Å²) in [5.41, 5.74) is 5.31. The standard InChI is InChI=1S/C18H16N4O2/c1-13(10-14-6-3-2-4-7-14)12-19-22-18(23)16-11-15(20-21-16)17-8-5-9-24-17/h2-12H,1H3,(H,20,21)(H,22,23)/b13-10+,19-12+. The van der Waals surface area contributed by atoms with E-state index in [1.54, 1.807) is 30.7 Å². The second-order valence-electron chi connectivity index (χ2n) is 5.14. The summed E-state index contributed by atoms with van der Waals surface area (Å²) in [6.45, 7) is 1.91.